The molecule has 0 saturated carbocycles. The molecule has 0 radical (unpaired) electrons. The van der Waals surface area contributed by atoms with Crippen molar-refractivity contribution in [2.45, 2.75) is 5.22 Å². The number of nitrogens with one attached hydrogen (secondary N) is 1. The molecule has 126 valence electrons. The van der Waals surface area contributed by atoms with E-state index in [0.717, 1.165) is 16.6 Å². The van der Waals surface area contributed by atoms with Gasteiger partial charge in [0.15, 0.2) is 5.13 Å². The van der Waals surface area contributed by atoms with Crippen molar-refractivity contribution < 1.29 is 9.21 Å². The van der Waals surface area contributed by atoms with Gasteiger partial charge in [-0.3, -0.25) is 4.79 Å². The molecule has 3 heterocycles. The van der Waals surface area contributed by atoms with Crippen LogP contribution in [0.1, 0.15) is 0 Å². The lowest BCUT2D eigenvalue weighted by atomic mass is 10.2. The van der Waals surface area contributed by atoms with Crippen molar-refractivity contribution in [1.29, 1.82) is 0 Å². The van der Waals surface area contributed by atoms with Crippen LogP contribution in [-0.2, 0) is 11.8 Å². The van der Waals surface area contributed by atoms with Gasteiger partial charge in [-0.05, 0) is 12.1 Å². The molecule has 4 aromatic rings. The number of aryl methyl sites for hydroxylation is 1. The second-order valence-electron chi connectivity index (χ2n) is 5.19. The van der Waals surface area contributed by atoms with E-state index < -0.39 is 0 Å². The van der Waals surface area contributed by atoms with Crippen LogP contribution in [0.4, 0.5) is 5.13 Å². The maximum absolute atomic E-state index is 11.9. The zero-order valence-corrected chi connectivity index (χ0v) is 14.8. The standard InChI is InChI=1S/C16H13N5O2S2/c1-21-11-5-3-2-4-10(11)8-12(21)14-19-20-16(23-14)25-9-13(22)18-15-17-6-7-24-15/h2-8H,9H2,1H3,(H,17,18,22). The highest BCUT2D eigenvalue weighted by atomic mass is 32.2. The Hall–Kier alpha value is -2.65. The fraction of sp³-hybridized carbons (Fsp3) is 0.125. The number of amides is 1. The molecule has 3 aromatic heterocycles. The monoisotopic (exact) mass is 371 g/mol. The fourth-order valence-electron chi connectivity index (χ4n) is 2.43. The van der Waals surface area contributed by atoms with Gasteiger partial charge in [-0.25, -0.2) is 4.98 Å². The summed E-state index contributed by atoms with van der Waals surface area (Å²) >= 11 is 2.57. The van der Waals surface area contributed by atoms with Crippen molar-refractivity contribution in [3.8, 4) is 11.6 Å². The molecular weight excluding hydrogens is 358 g/mol. The van der Waals surface area contributed by atoms with E-state index in [-0.39, 0.29) is 11.7 Å². The summed E-state index contributed by atoms with van der Waals surface area (Å²) in [6.45, 7) is 0. The zero-order chi connectivity index (χ0) is 17.2. The number of nitrogens with zero attached hydrogens (tertiary/aromatic N) is 4. The Morgan fingerprint density at radius 2 is 2.24 bits per heavy atom. The number of anilines is 1. The Morgan fingerprint density at radius 3 is 3.04 bits per heavy atom. The summed E-state index contributed by atoms with van der Waals surface area (Å²) in [4.78, 5) is 15.9. The van der Waals surface area contributed by atoms with Crippen molar-refractivity contribution in [3.63, 3.8) is 0 Å². The average Bonchev–Trinajstić information content (AvgIpc) is 3.34. The van der Waals surface area contributed by atoms with Crippen LogP contribution in [0.2, 0.25) is 0 Å². The summed E-state index contributed by atoms with van der Waals surface area (Å²) < 4.78 is 7.70. The van der Waals surface area contributed by atoms with Gasteiger partial charge in [0.2, 0.25) is 5.91 Å². The number of thiazole rings is 1. The molecule has 25 heavy (non-hydrogen) atoms. The Labute approximate surface area is 151 Å². The van der Waals surface area contributed by atoms with Gasteiger partial charge in [-0.2, -0.15) is 0 Å². The molecule has 0 spiro atoms. The molecule has 0 saturated heterocycles. The SMILES string of the molecule is Cn1c(-c2nnc(SCC(=O)Nc3nccs3)o2)cc2ccccc21. The Kier molecular flexibility index (Phi) is 4.24. The Balaban J connectivity index is 1.46. The van der Waals surface area contributed by atoms with Gasteiger partial charge in [0.25, 0.3) is 11.1 Å². The van der Waals surface area contributed by atoms with Gasteiger partial charge in [-0.15, -0.1) is 21.5 Å². The molecule has 4 rings (SSSR count). The lowest BCUT2D eigenvalue weighted by Crippen LogP contribution is -2.13. The third-order valence-electron chi connectivity index (χ3n) is 3.58. The first kappa shape index (κ1) is 15.9. The zero-order valence-electron chi connectivity index (χ0n) is 13.2. The highest BCUT2D eigenvalue weighted by Gasteiger charge is 2.15. The van der Waals surface area contributed by atoms with Crippen LogP contribution in [0.15, 0.2) is 51.5 Å². The quantitative estimate of drug-likeness (QED) is 0.541. The number of thioether (sulfide) groups is 1. The summed E-state index contributed by atoms with van der Waals surface area (Å²) in [6, 6.07) is 10.1. The van der Waals surface area contributed by atoms with E-state index in [0.29, 0.717) is 16.2 Å². The molecule has 0 aliphatic carbocycles. The van der Waals surface area contributed by atoms with E-state index in [4.69, 9.17) is 4.42 Å². The van der Waals surface area contributed by atoms with Crippen molar-refractivity contribution >= 4 is 45.0 Å². The van der Waals surface area contributed by atoms with Crippen molar-refractivity contribution in [2.75, 3.05) is 11.1 Å². The molecule has 0 fully saturated rings. The number of carbonyl (C=O) groups excluding carboxylic acids is 1. The molecule has 9 heteroatoms. The minimum absolute atomic E-state index is 0.163. The van der Waals surface area contributed by atoms with Gasteiger partial charge in [0.05, 0.1) is 5.75 Å². The first-order valence-corrected chi connectivity index (χ1v) is 9.28. The number of aromatic nitrogens is 4. The van der Waals surface area contributed by atoms with E-state index >= 15 is 0 Å². The number of para-hydroxylation sites is 1. The smallest absolute Gasteiger partial charge is 0.277 e. The molecule has 7 nitrogen and oxygen atoms in total. The van der Waals surface area contributed by atoms with Crippen LogP contribution < -0.4 is 5.32 Å². The first-order chi connectivity index (χ1) is 12.2. The van der Waals surface area contributed by atoms with E-state index in [1.165, 1.54) is 23.1 Å². The minimum atomic E-state index is -0.163. The fourth-order valence-corrected chi connectivity index (χ4v) is 3.54. The van der Waals surface area contributed by atoms with E-state index in [9.17, 15) is 4.79 Å². The van der Waals surface area contributed by atoms with Gasteiger partial charge < -0.3 is 14.3 Å². The lowest BCUT2D eigenvalue weighted by molar-refractivity contribution is -0.113. The number of rotatable bonds is 5. The van der Waals surface area contributed by atoms with Crippen molar-refractivity contribution in [3.05, 3.63) is 41.9 Å². The summed E-state index contributed by atoms with van der Waals surface area (Å²) in [5.74, 6) is 0.446. The van der Waals surface area contributed by atoms with E-state index in [1.54, 1.807) is 11.6 Å². The molecule has 0 atom stereocenters. The summed E-state index contributed by atoms with van der Waals surface area (Å²) in [5.41, 5.74) is 1.93. The largest absolute Gasteiger partial charge is 0.410 e. The van der Waals surface area contributed by atoms with E-state index in [1.807, 2.05) is 41.9 Å². The van der Waals surface area contributed by atoms with Crippen LogP contribution in [0.3, 0.4) is 0 Å². The maximum Gasteiger partial charge on any atom is 0.277 e. The number of hydrogen-bond acceptors (Lipinski definition) is 7. The topological polar surface area (TPSA) is 85.8 Å². The second kappa shape index (κ2) is 6.69. The van der Waals surface area contributed by atoms with Gasteiger partial charge in [-0.1, -0.05) is 30.0 Å². The molecule has 0 aliphatic heterocycles. The lowest BCUT2D eigenvalue weighted by Gasteiger charge is -1.99. The number of carbonyl (C=O) groups is 1. The van der Waals surface area contributed by atoms with Crippen LogP contribution >= 0.6 is 23.1 Å². The molecule has 1 aromatic carbocycles. The number of benzene rings is 1. The molecule has 0 bridgehead atoms. The number of fused-ring (bicyclic) bond motifs is 1. The predicted octanol–water partition coefficient (Wildman–Crippen LogP) is 3.42. The summed E-state index contributed by atoms with van der Waals surface area (Å²) in [5, 5.41) is 14.7. The highest BCUT2D eigenvalue weighted by molar-refractivity contribution is 7.99. The predicted molar refractivity (Wildman–Crippen MR) is 97.7 cm³/mol. The van der Waals surface area contributed by atoms with Gasteiger partial charge in [0, 0.05) is 29.5 Å². The van der Waals surface area contributed by atoms with E-state index in [2.05, 4.69) is 20.5 Å². The summed E-state index contributed by atoms with van der Waals surface area (Å²) in [7, 11) is 1.95. The maximum atomic E-state index is 11.9. The second-order valence-corrected chi connectivity index (χ2v) is 7.02. The highest BCUT2D eigenvalue weighted by Crippen LogP contribution is 2.28. The number of hydrogen-bond donors (Lipinski definition) is 1. The average molecular weight is 371 g/mol. The first-order valence-electron chi connectivity index (χ1n) is 7.41. The van der Waals surface area contributed by atoms with Crippen molar-refractivity contribution in [1.82, 2.24) is 19.7 Å². The Bertz CT molecular complexity index is 1020. The van der Waals surface area contributed by atoms with Gasteiger partial charge >= 0.3 is 0 Å². The van der Waals surface area contributed by atoms with Crippen LogP contribution in [0.25, 0.3) is 22.5 Å². The summed E-state index contributed by atoms with van der Waals surface area (Å²) in [6.07, 6.45) is 1.64. The third kappa shape index (κ3) is 3.28. The molecule has 0 unspecified atom stereocenters. The molecule has 0 aliphatic rings. The Morgan fingerprint density at radius 1 is 1.36 bits per heavy atom. The molecule has 1 amide bonds. The minimum Gasteiger partial charge on any atom is -0.410 e. The van der Waals surface area contributed by atoms with Gasteiger partial charge in [0.1, 0.15) is 5.69 Å². The molecule has 1 N–H and O–H groups in total. The van der Waals surface area contributed by atoms with Crippen molar-refractivity contribution in [2.24, 2.45) is 7.05 Å². The normalized spacial score (nSPS) is 11.1. The van der Waals surface area contributed by atoms with Crippen LogP contribution in [-0.4, -0.2) is 31.4 Å². The van der Waals surface area contributed by atoms with Crippen LogP contribution in [0, 0.1) is 0 Å². The molecular formula is C16H13N5O2S2. The third-order valence-corrected chi connectivity index (χ3v) is 5.09. The van der Waals surface area contributed by atoms with Crippen LogP contribution in [0.5, 0.6) is 0 Å².